The number of ketones is 1. The first kappa shape index (κ1) is 18.2. The van der Waals surface area contributed by atoms with E-state index in [9.17, 15) is 4.79 Å². The molecular weight excluding hydrogens is 350 g/mol. The molecule has 0 atom stereocenters. The number of allylic oxidation sites excluding steroid dienone is 5. The van der Waals surface area contributed by atoms with Gasteiger partial charge in [-0.25, -0.2) is 9.97 Å². The summed E-state index contributed by atoms with van der Waals surface area (Å²) in [5.74, 6) is 1.61. The van der Waals surface area contributed by atoms with E-state index >= 15 is 0 Å². The summed E-state index contributed by atoms with van der Waals surface area (Å²) >= 11 is 0. The molecule has 0 N–H and O–H groups in total. The lowest BCUT2D eigenvalue weighted by Crippen LogP contribution is -2.12. The van der Waals surface area contributed by atoms with Gasteiger partial charge in [-0.3, -0.25) is 4.79 Å². The third-order valence-electron chi connectivity index (χ3n) is 5.06. The summed E-state index contributed by atoms with van der Waals surface area (Å²) in [6.45, 7) is 2.07. The highest BCUT2D eigenvalue weighted by Gasteiger charge is 2.28. The van der Waals surface area contributed by atoms with Gasteiger partial charge in [0.2, 0.25) is 5.95 Å². The van der Waals surface area contributed by atoms with Crippen LogP contribution in [-0.2, 0) is 4.79 Å². The number of carbonyl (C=O) groups is 1. The van der Waals surface area contributed by atoms with Crippen molar-refractivity contribution in [3.63, 3.8) is 0 Å². The number of hydrogen-bond acceptors (Lipinski definition) is 5. The van der Waals surface area contributed by atoms with Gasteiger partial charge in [0.05, 0.1) is 7.11 Å². The van der Waals surface area contributed by atoms with Gasteiger partial charge in [0.15, 0.2) is 5.78 Å². The zero-order valence-corrected chi connectivity index (χ0v) is 16.5. The second-order valence-corrected chi connectivity index (χ2v) is 7.17. The Labute approximate surface area is 166 Å². The molecule has 28 heavy (non-hydrogen) atoms. The molecule has 0 saturated carbocycles. The second-order valence-electron chi connectivity index (χ2n) is 7.17. The van der Waals surface area contributed by atoms with E-state index < -0.39 is 0 Å². The number of methoxy groups -OCH3 is 1. The van der Waals surface area contributed by atoms with Crippen LogP contribution in [0.2, 0.25) is 0 Å². The molecule has 0 bridgehead atoms. The first-order chi connectivity index (χ1) is 13.5. The average molecular weight is 374 g/mol. The molecule has 1 radical (unpaired) electrons. The fourth-order valence-corrected chi connectivity index (χ4v) is 3.41. The van der Waals surface area contributed by atoms with Crippen molar-refractivity contribution >= 4 is 29.0 Å². The van der Waals surface area contributed by atoms with Crippen LogP contribution in [0.5, 0.6) is 5.75 Å². The van der Waals surface area contributed by atoms with Crippen LogP contribution in [0, 0.1) is 6.42 Å². The van der Waals surface area contributed by atoms with Crippen LogP contribution in [-0.4, -0.2) is 37.0 Å². The van der Waals surface area contributed by atoms with Gasteiger partial charge >= 0.3 is 0 Å². The van der Waals surface area contributed by atoms with Gasteiger partial charge in [-0.1, -0.05) is 12.1 Å². The van der Waals surface area contributed by atoms with Crippen LogP contribution < -0.4 is 9.64 Å². The van der Waals surface area contributed by atoms with E-state index in [1.54, 1.807) is 7.11 Å². The predicted molar refractivity (Wildman–Crippen MR) is 114 cm³/mol. The van der Waals surface area contributed by atoms with Gasteiger partial charge in [-0.15, -0.1) is 0 Å². The number of rotatable bonds is 6. The standard InChI is InChI=1S/C23H22N3O2.H2/c1-14-19(9-15-12-24-23(25-13-15)26(2)3)18-8-7-17(28-4)10-21(18)20(14)11-22(27)16-5-6-16;/h5-10,12-13H,11H2,1-4H3;1H/b19-9-;. The number of fused-ring (bicyclic) bond motifs is 1. The van der Waals surface area contributed by atoms with Crippen LogP contribution >= 0.6 is 0 Å². The van der Waals surface area contributed by atoms with Crippen LogP contribution in [0.3, 0.4) is 0 Å². The number of carbonyl (C=O) groups excluding carboxylic acids is 1. The molecule has 2 aliphatic carbocycles. The number of hydrogen-bond donors (Lipinski definition) is 0. The molecule has 5 heteroatoms. The van der Waals surface area contributed by atoms with E-state index in [0.717, 1.165) is 44.7 Å². The highest BCUT2D eigenvalue weighted by atomic mass is 16.5. The molecule has 143 valence electrons. The van der Waals surface area contributed by atoms with Crippen LogP contribution in [0.25, 0.3) is 17.2 Å². The molecule has 0 saturated heterocycles. The minimum atomic E-state index is 0. The van der Waals surface area contributed by atoms with E-state index in [4.69, 9.17) is 4.74 Å². The largest absolute Gasteiger partial charge is 0.497 e. The minimum absolute atomic E-state index is 0. The SMILES string of the molecule is COc1ccc2c(c1)C(CC(=O)C1=C[CH]1)=C(C)/C2=C/c1cnc(N(C)C)nc1.[HH]. The van der Waals surface area contributed by atoms with Crippen LogP contribution in [0.1, 0.15) is 31.5 Å². The van der Waals surface area contributed by atoms with Crippen LogP contribution in [0.15, 0.2) is 47.8 Å². The Morgan fingerprint density at radius 3 is 2.54 bits per heavy atom. The summed E-state index contributed by atoms with van der Waals surface area (Å²) in [5.41, 5.74) is 7.15. The van der Waals surface area contributed by atoms with Crippen molar-refractivity contribution in [2.24, 2.45) is 0 Å². The molecule has 0 spiro atoms. The van der Waals surface area contributed by atoms with Gasteiger partial charge in [-0.05, 0) is 58.6 Å². The second kappa shape index (κ2) is 7.08. The third-order valence-corrected chi connectivity index (χ3v) is 5.06. The maximum atomic E-state index is 12.4. The van der Waals surface area contributed by atoms with Gasteiger partial charge in [0, 0.05) is 46.3 Å². The normalized spacial score (nSPS) is 16.1. The van der Waals surface area contributed by atoms with Crippen molar-refractivity contribution in [2.45, 2.75) is 13.3 Å². The molecule has 1 aromatic carbocycles. The molecule has 2 aliphatic rings. The average Bonchev–Trinajstić information content (AvgIpc) is 3.52. The molecule has 0 amide bonds. The fourth-order valence-electron chi connectivity index (χ4n) is 3.41. The van der Waals surface area contributed by atoms with Crippen LogP contribution in [0.4, 0.5) is 5.95 Å². The van der Waals surface area contributed by atoms with Gasteiger partial charge in [0.1, 0.15) is 5.75 Å². The van der Waals surface area contributed by atoms with Crippen molar-refractivity contribution in [3.05, 3.63) is 70.9 Å². The molecule has 1 heterocycles. The lowest BCUT2D eigenvalue weighted by atomic mass is 9.99. The van der Waals surface area contributed by atoms with Gasteiger partial charge in [-0.2, -0.15) is 0 Å². The maximum absolute atomic E-state index is 12.4. The maximum Gasteiger partial charge on any atom is 0.224 e. The Bertz CT molecular complexity index is 1050. The number of anilines is 1. The highest BCUT2D eigenvalue weighted by molar-refractivity contribution is 6.13. The van der Waals surface area contributed by atoms with E-state index in [1.165, 1.54) is 0 Å². The van der Waals surface area contributed by atoms with Crippen molar-refractivity contribution in [1.29, 1.82) is 0 Å². The quantitative estimate of drug-likeness (QED) is 0.757. The molecule has 5 nitrogen and oxygen atoms in total. The Hall–Kier alpha value is -3.21. The smallest absolute Gasteiger partial charge is 0.224 e. The zero-order valence-electron chi connectivity index (χ0n) is 16.5. The number of ether oxygens (including phenoxy) is 1. The zero-order chi connectivity index (χ0) is 19.8. The molecule has 4 rings (SSSR count). The Morgan fingerprint density at radius 1 is 1.21 bits per heavy atom. The fraction of sp³-hybridized carbons (Fsp3) is 0.217. The number of benzene rings is 1. The summed E-state index contributed by atoms with van der Waals surface area (Å²) in [6, 6.07) is 6.02. The van der Waals surface area contributed by atoms with Crippen molar-refractivity contribution < 1.29 is 11.0 Å². The Balaban J connectivity index is 0.00000240. The first-order valence-corrected chi connectivity index (χ1v) is 9.16. The summed E-state index contributed by atoms with van der Waals surface area (Å²) < 4.78 is 5.41. The molecule has 1 aromatic heterocycles. The first-order valence-electron chi connectivity index (χ1n) is 9.16. The van der Waals surface area contributed by atoms with Crippen molar-refractivity contribution in [2.75, 3.05) is 26.1 Å². The van der Waals surface area contributed by atoms with E-state index in [-0.39, 0.29) is 7.21 Å². The summed E-state index contributed by atoms with van der Waals surface area (Å²) in [5, 5.41) is 0. The lowest BCUT2D eigenvalue weighted by Gasteiger charge is -2.09. The number of nitrogens with zero attached hydrogens (tertiary/aromatic N) is 3. The Kier molecular flexibility index (Phi) is 4.59. The van der Waals surface area contributed by atoms with Gasteiger partial charge < -0.3 is 9.64 Å². The highest BCUT2D eigenvalue weighted by Crippen LogP contribution is 2.45. The lowest BCUT2D eigenvalue weighted by molar-refractivity contribution is -0.114. The minimum Gasteiger partial charge on any atom is -0.497 e. The third kappa shape index (κ3) is 3.36. The van der Waals surface area contributed by atoms with E-state index in [0.29, 0.717) is 12.4 Å². The van der Waals surface area contributed by atoms with E-state index in [2.05, 4.69) is 29.0 Å². The molecule has 0 aliphatic heterocycles. The number of aromatic nitrogens is 2. The predicted octanol–water partition coefficient (Wildman–Crippen LogP) is 4.23. The molecule has 2 aromatic rings. The summed E-state index contributed by atoms with van der Waals surface area (Å²) in [7, 11) is 5.48. The monoisotopic (exact) mass is 374 g/mol. The van der Waals surface area contributed by atoms with Gasteiger partial charge in [0.25, 0.3) is 0 Å². The molecule has 0 unspecified atom stereocenters. The summed E-state index contributed by atoms with van der Waals surface area (Å²) in [4.78, 5) is 23.1. The molecular formula is C23H24N3O2. The van der Waals surface area contributed by atoms with Crippen molar-refractivity contribution in [1.82, 2.24) is 9.97 Å². The number of Topliss-reactive ketones (excluding diaryl/α,β-unsaturated/α-hetero) is 1. The van der Waals surface area contributed by atoms with E-state index in [1.807, 2.05) is 56.0 Å². The Morgan fingerprint density at radius 2 is 1.93 bits per heavy atom. The van der Waals surface area contributed by atoms with Crippen molar-refractivity contribution in [3.8, 4) is 5.75 Å². The topological polar surface area (TPSA) is 55.3 Å². The molecule has 0 fully saturated rings. The summed E-state index contributed by atoms with van der Waals surface area (Å²) in [6.07, 6.45) is 9.83.